The molecule has 1 rings (SSSR count). The van der Waals surface area contributed by atoms with Gasteiger partial charge in [-0.15, -0.1) is 0 Å². The van der Waals surface area contributed by atoms with Gasteiger partial charge in [-0.3, -0.25) is 0 Å². The van der Waals surface area contributed by atoms with Gasteiger partial charge in [-0.1, -0.05) is 20.8 Å². The number of hydrogen-bond acceptors (Lipinski definition) is 3. The van der Waals surface area contributed by atoms with Gasteiger partial charge < -0.3 is 20.5 Å². The number of ether oxygens (including phenoxy) is 1. The maximum absolute atomic E-state index is 11.8. The molecule has 1 aliphatic heterocycles. The van der Waals surface area contributed by atoms with Crippen LogP contribution in [-0.4, -0.2) is 42.4 Å². The highest BCUT2D eigenvalue weighted by atomic mass is 16.5. The van der Waals surface area contributed by atoms with Crippen molar-refractivity contribution >= 4 is 12.0 Å². The number of carboxylic acid groups (broad SMARTS) is 1. The molecule has 0 spiro atoms. The summed E-state index contributed by atoms with van der Waals surface area (Å²) in [6.45, 7) is 7.50. The summed E-state index contributed by atoms with van der Waals surface area (Å²) in [5.41, 5.74) is -1.06. The molecule has 1 aliphatic rings. The summed E-state index contributed by atoms with van der Waals surface area (Å²) in [6, 6.07) is -0.423. The Morgan fingerprint density at radius 1 is 1.26 bits per heavy atom. The van der Waals surface area contributed by atoms with E-state index < -0.39 is 17.5 Å². The molecule has 0 atom stereocenters. The van der Waals surface area contributed by atoms with E-state index in [9.17, 15) is 14.7 Å². The van der Waals surface area contributed by atoms with Crippen LogP contribution in [-0.2, 0) is 9.53 Å². The molecule has 3 N–H and O–H groups in total. The van der Waals surface area contributed by atoms with E-state index in [0.717, 1.165) is 6.42 Å². The van der Waals surface area contributed by atoms with Gasteiger partial charge in [0, 0.05) is 32.6 Å². The number of hydrogen-bond donors (Lipinski definition) is 3. The number of rotatable bonds is 4. The number of carboxylic acids is 1. The Labute approximate surface area is 113 Å². The average Bonchev–Trinajstić information content (AvgIpc) is 2.28. The zero-order valence-corrected chi connectivity index (χ0v) is 11.9. The number of aliphatic carboxylic acids is 1. The van der Waals surface area contributed by atoms with Crippen LogP contribution in [0.5, 0.6) is 0 Å². The minimum Gasteiger partial charge on any atom is -0.480 e. The van der Waals surface area contributed by atoms with Gasteiger partial charge in [0.2, 0.25) is 0 Å². The molecular weight excluding hydrogens is 248 g/mol. The van der Waals surface area contributed by atoms with Crippen molar-refractivity contribution < 1.29 is 19.4 Å². The van der Waals surface area contributed by atoms with Gasteiger partial charge in [-0.05, 0) is 11.8 Å². The smallest absolute Gasteiger partial charge is 0.329 e. The van der Waals surface area contributed by atoms with E-state index in [4.69, 9.17) is 4.74 Å². The summed E-state index contributed by atoms with van der Waals surface area (Å²) < 4.78 is 5.15. The average molecular weight is 272 g/mol. The van der Waals surface area contributed by atoms with Crippen molar-refractivity contribution in [3.05, 3.63) is 0 Å². The van der Waals surface area contributed by atoms with Gasteiger partial charge in [0.05, 0.1) is 0 Å². The van der Waals surface area contributed by atoms with Crippen molar-refractivity contribution in [2.75, 3.05) is 19.8 Å². The molecule has 6 nitrogen and oxygen atoms in total. The molecular formula is C13H24N2O4. The van der Waals surface area contributed by atoms with Gasteiger partial charge >= 0.3 is 12.0 Å². The van der Waals surface area contributed by atoms with Gasteiger partial charge in [0.25, 0.3) is 0 Å². The first kappa shape index (κ1) is 15.8. The lowest BCUT2D eigenvalue weighted by Crippen LogP contribution is -2.59. The van der Waals surface area contributed by atoms with Gasteiger partial charge in [0.15, 0.2) is 0 Å². The zero-order chi connectivity index (χ0) is 14.5. The summed E-state index contributed by atoms with van der Waals surface area (Å²) in [5, 5.41) is 14.6. The zero-order valence-electron chi connectivity index (χ0n) is 11.9. The molecule has 0 bridgehead atoms. The largest absolute Gasteiger partial charge is 0.480 e. The van der Waals surface area contributed by atoms with E-state index in [-0.39, 0.29) is 5.41 Å². The lowest BCUT2D eigenvalue weighted by Gasteiger charge is -2.33. The molecule has 19 heavy (non-hydrogen) atoms. The second kappa shape index (κ2) is 6.23. The number of carbonyl (C=O) groups is 2. The summed E-state index contributed by atoms with van der Waals surface area (Å²) in [5.74, 6) is -0.998. The van der Waals surface area contributed by atoms with E-state index in [1.54, 1.807) is 0 Å². The first-order valence-corrected chi connectivity index (χ1v) is 6.62. The van der Waals surface area contributed by atoms with Crippen LogP contribution in [0.3, 0.4) is 0 Å². The van der Waals surface area contributed by atoms with Gasteiger partial charge in [-0.2, -0.15) is 0 Å². The Bertz CT molecular complexity index is 330. The van der Waals surface area contributed by atoms with Crippen LogP contribution in [0.1, 0.15) is 40.0 Å². The fraction of sp³-hybridized carbons (Fsp3) is 0.846. The molecule has 0 aromatic carbocycles. The molecule has 0 unspecified atom stereocenters. The predicted molar refractivity (Wildman–Crippen MR) is 71.0 cm³/mol. The Morgan fingerprint density at radius 2 is 1.84 bits per heavy atom. The maximum atomic E-state index is 11.8. The summed E-state index contributed by atoms with van der Waals surface area (Å²) >= 11 is 0. The molecule has 1 heterocycles. The molecule has 0 aromatic rings. The van der Waals surface area contributed by atoms with Crippen LogP contribution in [0, 0.1) is 5.41 Å². The SMILES string of the molecule is CC(C)(C)CCNC(=O)NC1(C(=O)O)CCOCC1. The Kier molecular flexibility index (Phi) is 5.17. The van der Waals surface area contributed by atoms with E-state index in [1.165, 1.54) is 0 Å². The highest BCUT2D eigenvalue weighted by molar-refractivity contribution is 5.86. The fourth-order valence-electron chi connectivity index (χ4n) is 1.92. The van der Waals surface area contributed by atoms with Crippen molar-refractivity contribution in [1.29, 1.82) is 0 Å². The predicted octanol–water partition coefficient (Wildman–Crippen LogP) is 1.36. The van der Waals surface area contributed by atoms with Crippen LogP contribution >= 0.6 is 0 Å². The molecule has 2 amide bonds. The first-order valence-electron chi connectivity index (χ1n) is 6.62. The van der Waals surface area contributed by atoms with Crippen LogP contribution in [0.4, 0.5) is 4.79 Å². The standard InChI is InChI=1S/C13H24N2O4/c1-12(2,3)4-7-14-11(18)15-13(10(16)17)5-8-19-9-6-13/h4-9H2,1-3H3,(H,16,17)(H2,14,15,18). The van der Waals surface area contributed by atoms with Gasteiger partial charge in [0.1, 0.15) is 5.54 Å². The van der Waals surface area contributed by atoms with Crippen LogP contribution in [0.2, 0.25) is 0 Å². The third kappa shape index (κ3) is 5.06. The Morgan fingerprint density at radius 3 is 2.32 bits per heavy atom. The topological polar surface area (TPSA) is 87.7 Å². The van der Waals surface area contributed by atoms with Crippen LogP contribution in [0.15, 0.2) is 0 Å². The highest BCUT2D eigenvalue weighted by Crippen LogP contribution is 2.21. The van der Waals surface area contributed by atoms with Crippen molar-refractivity contribution in [1.82, 2.24) is 10.6 Å². The summed E-state index contributed by atoms with van der Waals surface area (Å²) in [4.78, 5) is 23.1. The monoisotopic (exact) mass is 272 g/mol. The lowest BCUT2D eigenvalue weighted by atomic mass is 9.90. The van der Waals surface area contributed by atoms with Gasteiger partial charge in [-0.25, -0.2) is 9.59 Å². The molecule has 110 valence electrons. The van der Waals surface area contributed by atoms with Crippen molar-refractivity contribution in [2.45, 2.75) is 45.6 Å². The minimum atomic E-state index is -1.19. The van der Waals surface area contributed by atoms with E-state index in [0.29, 0.717) is 32.6 Å². The van der Waals surface area contributed by atoms with Crippen molar-refractivity contribution in [3.8, 4) is 0 Å². The van der Waals surface area contributed by atoms with E-state index >= 15 is 0 Å². The molecule has 0 aliphatic carbocycles. The summed E-state index contributed by atoms with van der Waals surface area (Å²) in [6.07, 6.45) is 1.44. The number of amides is 2. The molecule has 1 fully saturated rings. The molecule has 1 saturated heterocycles. The van der Waals surface area contributed by atoms with Crippen molar-refractivity contribution in [3.63, 3.8) is 0 Å². The lowest BCUT2D eigenvalue weighted by molar-refractivity contribution is -0.148. The highest BCUT2D eigenvalue weighted by Gasteiger charge is 2.41. The third-order valence-corrected chi connectivity index (χ3v) is 3.27. The van der Waals surface area contributed by atoms with Crippen LogP contribution in [0.25, 0.3) is 0 Å². The normalized spacial score (nSPS) is 18.7. The number of carbonyl (C=O) groups excluding carboxylic acids is 1. The van der Waals surface area contributed by atoms with Crippen LogP contribution < -0.4 is 10.6 Å². The third-order valence-electron chi connectivity index (χ3n) is 3.27. The quantitative estimate of drug-likeness (QED) is 0.721. The molecule has 0 radical (unpaired) electrons. The minimum absolute atomic E-state index is 0.135. The maximum Gasteiger partial charge on any atom is 0.329 e. The fourth-order valence-corrected chi connectivity index (χ4v) is 1.92. The number of nitrogens with one attached hydrogen (secondary N) is 2. The molecule has 6 heteroatoms. The molecule has 0 aromatic heterocycles. The van der Waals surface area contributed by atoms with Crippen molar-refractivity contribution in [2.24, 2.45) is 5.41 Å². The first-order chi connectivity index (χ1) is 8.75. The second-order valence-corrected chi connectivity index (χ2v) is 6.19. The number of urea groups is 1. The summed E-state index contributed by atoms with van der Waals surface area (Å²) in [7, 11) is 0. The molecule has 0 saturated carbocycles. The van der Waals surface area contributed by atoms with E-state index in [2.05, 4.69) is 31.4 Å². The Balaban J connectivity index is 2.46. The Hall–Kier alpha value is -1.30. The van der Waals surface area contributed by atoms with E-state index in [1.807, 2.05) is 0 Å². The second-order valence-electron chi connectivity index (χ2n) is 6.19.